The van der Waals surface area contributed by atoms with E-state index >= 15 is 0 Å². The van der Waals surface area contributed by atoms with Crippen LogP contribution in [0.2, 0.25) is 0 Å². The van der Waals surface area contributed by atoms with Crippen molar-refractivity contribution in [2.45, 2.75) is 39.3 Å². The second-order valence-electron chi connectivity index (χ2n) is 5.48. The average Bonchev–Trinajstić information content (AvgIpc) is 2.81. The molecule has 0 aromatic heterocycles. The number of benzene rings is 1. The van der Waals surface area contributed by atoms with E-state index in [1.54, 1.807) is 4.90 Å². The molecule has 1 aromatic carbocycles. The molecule has 4 nitrogen and oxygen atoms in total. The van der Waals surface area contributed by atoms with Crippen LogP contribution in [0.1, 0.15) is 32.3 Å². The highest BCUT2D eigenvalue weighted by atomic mass is 16.2. The SMILES string of the molecule is CC[C@H](C)NC(=O)[C@@H]1CC(=O)N(Cc2ccccc2)C1. The Bertz CT molecular complexity index is 473. The first-order valence-corrected chi connectivity index (χ1v) is 7.22. The van der Waals surface area contributed by atoms with Gasteiger partial charge in [-0.25, -0.2) is 0 Å². The summed E-state index contributed by atoms with van der Waals surface area (Å²) in [6, 6.07) is 10.0. The zero-order chi connectivity index (χ0) is 14.5. The minimum absolute atomic E-state index is 0.00302. The van der Waals surface area contributed by atoms with Gasteiger partial charge in [-0.15, -0.1) is 0 Å². The third-order valence-corrected chi connectivity index (χ3v) is 3.80. The second kappa shape index (κ2) is 6.55. The maximum atomic E-state index is 12.1. The molecule has 2 amide bonds. The lowest BCUT2D eigenvalue weighted by Gasteiger charge is -2.18. The molecule has 0 radical (unpaired) electrons. The molecule has 0 unspecified atom stereocenters. The summed E-state index contributed by atoms with van der Waals surface area (Å²) in [5, 5.41) is 2.96. The first-order chi connectivity index (χ1) is 9.60. The van der Waals surface area contributed by atoms with Crippen molar-refractivity contribution in [3.05, 3.63) is 35.9 Å². The Hall–Kier alpha value is -1.84. The van der Waals surface area contributed by atoms with Crippen LogP contribution in [0.5, 0.6) is 0 Å². The lowest BCUT2D eigenvalue weighted by atomic mass is 10.1. The topological polar surface area (TPSA) is 49.4 Å². The molecule has 4 heteroatoms. The highest BCUT2D eigenvalue weighted by Crippen LogP contribution is 2.20. The first-order valence-electron chi connectivity index (χ1n) is 7.22. The molecular formula is C16H22N2O2. The van der Waals surface area contributed by atoms with Gasteiger partial charge in [0, 0.05) is 25.6 Å². The third-order valence-electron chi connectivity index (χ3n) is 3.80. The molecule has 0 spiro atoms. The van der Waals surface area contributed by atoms with Gasteiger partial charge in [-0.2, -0.15) is 0 Å². The molecule has 1 aromatic rings. The fourth-order valence-corrected chi connectivity index (χ4v) is 2.37. The highest BCUT2D eigenvalue weighted by Gasteiger charge is 2.34. The fraction of sp³-hybridized carbons (Fsp3) is 0.500. The molecular weight excluding hydrogens is 252 g/mol. The van der Waals surface area contributed by atoms with Gasteiger partial charge in [0.15, 0.2) is 0 Å². The van der Waals surface area contributed by atoms with Crippen LogP contribution in [-0.2, 0) is 16.1 Å². The highest BCUT2D eigenvalue weighted by molar-refractivity contribution is 5.89. The fourth-order valence-electron chi connectivity index (χ4n) is 2.37. The Balaban J connectivity index is 1.92. The molecule has 20 heavy (non-hydrogen) atoms. The van der Waals surface area contributed by atoms with Crippen molar-refractivity contribution in [2.75, 3.05) is 6.54 Å². The quantitative estimate of drug-likeness (QED) is 0.892. The van der Waals surface area contributed by atoms with Crippen LogP contribution in [0.4, 0.5) is 0 Å². The summed E-state index contributed by atoms with van der Waals surface area (Å²) < 4.78 is 0. The van der Waals surface area contributed by atoms with E-state index in [4.69, 9.17) is 0 Å². The Morgan fingerprint density at radius 2 is 2.10 bits per heavy atom. The number of likely N-dealkylation sites (tertiary alicyclic amines) is 1. The van der Waals surface area contributed by atoms with Gasteiger partial charge in [-0.3, -0.25) is 9.59 Å². The van der Waals surface area contributed by atoms with Crippen LogP contribution in [0.3, 0.4) is 0 Å². The molecule has 1 saturated heterocycles. The largest absolute Gasteiger partial charge is 0.353 e. The van der Waals surface area contributed by atoms with Crippen LogP contribution < -0.4 is 5.32 Å². The molecule has 1 fully saturated rings. The van der Waals surface area contributed by atoms with Gasteiger partial charge in [-0.1, -0.05) is 37.3 Å². The minimum atomic E-state index is -0.208. The van der Waals surface area contributed by atoms with Crippen molar-refractivity contribution in [3.8, 4) is 0 Å². The van der Waals surface area contributed by atoms with Crippen LogP contribution in [0, 0.1) is 5.92 Å². The zero-order valence-corrected chi connectivity index (χ0v) is 12.1. The van der Waals surface area contributed by atoms with Crippen LogP contribution in [-0.4, -0.2) is 29.3 Å². The molecule has 1 aliphatic heterocycles. The van der Waals surface area contributed by atoms with E-state index in [1.807, 2.05) is 44.2 Å². The summed E-state index contributed by atoms with van der Waals surface area (Å²) in [6.07, 6.45) is 1.23. The van der Waals surface area contributed by atoms with E-state index in [0.717, 1.165) is 12.0 Å². The van der Waals surface area contributed by atoms with E-state index in [1.165, 1.54) is 0 Å². The van der Waals surface area contributed by atoms with Crippen molar-refractivity contribution < 1.29 is 9.59 Å². The number of carbonyl (C=O) groups excluding carboxylic acids is 2. The number of rotatable bonds is 5. The predicted octanol–water partition coefficient (Wildman–Crippen LogP) is 1.95. The van der Waals surface area contributed by atoms with Gasteiger partial charge in [-0.05, 0) is 18.9 Å². The maximum Gasteiger partial charge on any atom is 0.225 e. The van der Waals surface area contributed by atoms with Crippen LogP contribution in [0.15, 0.2) is 30.3 Å². The first kappa shape index (κ1) is 14.6. The van der Waals surface area contributed by atoms with Gasteiger partial charge in [0.25, 0.3) is 0 Å². The molecule has 2 rings (SSSR count). The van der Waals surface area contributed by atoms with E-state index < -0.39 is 0 Å². The molecule has 1 N–H and O–H groups in total. The Morgan fingerprint density at radius 1 is 1.40 bits per heavy atom. The Kier molecular flexibility index (Phi) is 4.77. The van der Waals surface area contributed by atoms with Gasteiger partial charge >= 0.3 is 0 Å². The second-order valence-corrected chi connectivity index (χ2v) is 5.48. The summed E-state index contributed by atoms with van der Waals surface area (Å²) in [5.41, 5.74) is 1.10. The van der Waals surface area contributed by atoms with Crippen molar-refractivity contribution in [1.82, 2.24) is 10.2 Å². The van der Waals surface area contributed by atoms with Crippen molar-refractivity contribution in [3.63, 3.8) is 0 Å². The third kappa shape index (κ3) is 3.59. The summed E-state index contributed by atoms with van der Waals surface area (Å²) in [5.74, 6) is -0.137. The van der Waals surface area contributed by atoms with Crippen molar-refractivity contribution in [2.24, 2.45) is 5.92 Å². The van der Waals surface area contributed by atoms with E-state index in [9.17, 15) is 9.59 Å². The smallest absolute Gasteiger partial charge is 0.225 e. The number of amides is 2. The minimum Gasteiger partial charge on any atom is -0.353 e. The molecule has 2 atom stereocenters. The van der Waals surface area contributed by atoms with Crippen LogP contribution in [0.25, 0.3) is 0 Å². The lowest BCUT2D eigenvalue weighted by Crippen LogP contribution is -2.38. The molecule has 1 aliphatic rings. The predicted molar refractivity (Wildman–Crippen MR) is 77.9 cm³/mol. The van der Waals surface area contributed by atoms with Gasteiger partial charge in [0.2, 0.25) is 11.8 Å². The summed E-state index contributed by atoms with van der Waals surface area (Å²) in [6.45, 7) is 5.13. The maximum absolute atomic E-state index is 12.1. The van der Waals surface area contributed by atoms with Crippen molar-refractivity contribution in [1.29, 1.82) is 0 Å². The Labute approximate surface area is 120 Å². The summed E-state index contributed by atoms with van der Waals surface area (Å²) >= 11 is 0. The number of nitrogens with zero attached hydrogens (tertiary/aromatic N) is 1. The summed E-state index contributed by atoms with van der Waals surface area (Å²) in [4.78, 5) is 25.8. The van der Waals surface area contributed by atoms with E-state index in [-0.39, 0.29) is 23.8 Å². The van der Waals surface area contributed by atoms with Gasteiger partial charge in [0.05, 0.1) is 5.92 Å². The standard InChI is InChI=1S/C16H22N2O2/c1-3-12(2)17-16(20)14-9-15(19)18(11-14)10-13-7-5-4-6-8-13/h4-8,12,14H,3,9-11H2,1-2H3,(H,17,20)/t12-,14+/m0/s1. The van der Waals surface area contributed by atoms with Gasteiger partial charge < -0.3 is 10.2 Å². The number of hydrogen-bond acceptors (Lipinski definition) is 2. The van der Waals surface area contributed by atoms with E-state index in [2.05, 4.69) is 5.32 Å². The molecule has 108 valence electrons. The van der Waals surface area contributed by atoms with Crippen LogP contribution >= 0.6 is 0 Å². The number of carbonyl (C=O) groups is 2. The average molecular weight is 274 g/mol. The molecule has 0 saturated carbocycles. The molecule has 0 bridgehead atoms. The monoisotopic (exact) mass is 274 g/mol. The number of nitrogens with one attached hydrogen (secondary N) is 1. The zero-order valence-electron chi connectivity index (χ0n) is 12.1. The van der Waals surface area contributed by atoms with E-state index in [0.29, 0.717) is 19.5 Å². The number of hydrogen-bond donors (Lipinski definition) is 1. The Morgan fingerprint density at radius 3 is 2.75 bits per heavy atom. The normalized spacial score (nSPS) is 20.0. The summed E-state index contributed by atoms with van der Waals surface area (Å²) in [7, 11) is 0. The lowest BCUT2D eigenvalue weighted by molar-refractivity contribution is -0.129. The van der Waals surface area contributed by atoms with Gasteiger partial charge in [0.1, 0.15) is 0 Å². The van der Waals surface area contributed by atoms with Crippen molar-refractivity contribution >= 4 is 11.8 Å². The molecule has 1 heterocycles. The molecule has 0 aliphatic carbocycles.